The van der Waals surface area contributed by atoms with Crippen molar-refractivity contribution in [1.82, 2.24) is 10.2 Å². The van der Waals surface area contributed by atoms with E-state index in [1.165, 1.54) is 11.8 Å². The maximum Gasteiger partial charge on any atom is 0.268 e. The van der Waals surface area contributed by atoms with Crippen molar-refractivity contribution in [3.63, 3.8) is 0 Å². The Balaban J connectivity index is 2.10. The molecule has 0 bridgehead atoms. The van der Waals surface area contributed by atoms with Gasteiger partial charge in [-0.3, -0.25) is 19.3 Å². The van der Waals surface area contributed by atoms with E-state index in [1.807, 2.05) is 0 Å². The first kappa shape index (κ1) is 19.9. The maximum absolute atomic E-state index is 12.5. The molecular formula is C19H27N3O4. The first-order valence-electron chi connectivity index (χ1n) is 8.99. The van der Waals surface area contributed by atoms with Crippen molar-refractivity contribution < 1.29 is 19.1 Å². The third-order valence-electron chi connectivity index (χ3n) is 4.52. The van der Waals surface area contributed by atoms with E-state index in [4.69, 9.17) is 4.74 Å². The zero-order chi connectivity index (χ0) is 19.3. The minimum Gasteiger partial charge on any atom is -0.479 e. The van der Waals surface area contributed by atoms with Gasteiger partial charge in [0.15, 0.2) is 11.9 Å². The van der Waals surface area contributed by atoms with Crippen LogP contribution >= 0.6 is 0 Å². The summed E-state index contributed by atoms with van der Waals surface area (Å²) in [5, 5.41) is 2.85. The van der Waals surface area contributed by atoms with Crippen LogP contribution < -0.4 is 15.0 Å². The molecule has 0 saturated heterocycles. The average molecular weight is 361 g/mol. The lowest BCUT2D eigenvalue weighted by Gasteiger charge is -2.32. The number of ketones is 1. The number of fused-ring (bicyclic) bond motifs is 1. The quantitative estimate of drug-likeness (QED) is 0.709. The number of amides is 2. The number of Topliss-reactive ketones (excluding diaryl/α,β-unsaturated/α-hetero) is 1. The second-order valence-electron chi connectivity index (χ2n) is 6.30. The fraction of sp³-hybridized carbons (Fsp3) is 0.526. The molecule has 7 nitrogen and oxygen atoms in total. The van der Waals surface area contributed by atoms with Gasteiger partial charge in [0, 0.05) is 18.7 Å². The molecule has 0 aliphatic carbocycles. The number of hydrogen-bond acceptors (Lipinski definition) is 5. The molecule has 1 aromatic carbocycles. The molecule has 26 heavy (non-hydrogen) atoms. The van der Waals surface area contributed by atoms with Crippen molar-refractivity contribution in [3.05, 3.63) is 23.8 Å². The highest BCUT2D eigenvalue weighted by Crippen LogP contribution is 2.34. The van der Waals surface area contributed by atoms with Crippen LogP contribution in [-0.4, -0.2) is 61.3 Å². The summed E-state index contributed by atoms with van der Waals surface area (Å²) >= 11 is 0. The molecular weight excluding hydrogens is 334 g/mol. The summed E-state index contributed by atoms with van der Waals surface area (Å²) in [6.45, 7) is 10.3. The van der Waals surface area contributed by atoms with Crippen LogP contribution in [-0.2, 0) is 9.59 Å². The van der Waals surface area contributed by atoms with Crippen LogP contribution in [0.4, 0.5) is 5.69 Å². The van der Waals surface area contributed by atoms with E-state index in [-0.39, 0.29) is 24.1 Å². The van der Waals surface area contributed by atoms with Crippen LogP contribution in [0.15, 0.2) is 18.2 Å². The van der Waals surface area contributed by atoms with Crippen molar-refractivity contribution in [2.45, 2.75) is 33.8 Å². The van der Waals surface area contributed by atoms with Gasteiger partial charge in [-0.15, -0.1) is 0 Å². The van der Waals surface area contributed by atoms with Crippen LogP contribution in [0.5, 0.6) is 5.75 Å². The topological polar surface area (TPSA) is 79.0 Å². The van der Waals surface area contributed by atoms with E-state index in [9.17, 15) is 14.4 Å². The monoisotopic (exact) mass is 361 g/mol. The standard InChI is InChI=1S/C19H27N3O4/c1-5-21(6-2)10-9-20-18(24)12-22-16-11-15(13(3)23)7-8-17(16)26-14(4)19(22)25/h7-8,11,14H,5-6,9-10,12H2,1-4H3,(H,20,24). The van der Waals surface area contributed by atoms with Gasteiger partial charge < -0.3 is 15.0 Å². The smallest absolute Gasteiger partial charge is 0.268 e. The summed E-state index contributed by atoms with van der Waals surface area (Å²) < 4.78 is 5.59. The summed E-state index contributed by atoms with van der Waals surface area (Å²) in [5.41, 5.74) is 0.932. The van der Waals surface area contributed by atoms with E-state index in [0.717, 1.165) is 19.6 Å². The van der Waals surface area contributed by atoms with Crippen molar-refractivity contribution in [2.75, 3.05) is 37.6 Å². The Bertz CT molecular complexity index is 685. The molecule has 1 aliphatic rings. The van der Waals surface area contributed by atoms with Crippen LogP contribution in [0.3, 0.4) is 0 Å². The Hall–Kier alpha value is -2.41. The molecule has 2 rings (SSSR count). The number of benzene rings is 1. The molecule has 142 valence electrons. The lowest BCUT2D eigenvalue weighted by atomic mass is 10.1. The number of likely N-dealkylation sites (N-methyl/N-ethyl adjacent to an activating group) is 1. The minimum atomic E-state index is -0.672. The van der Waals surface area contributed by atoms with Crippen LogP contribution in [0.25, 0.3) is 0 Å². The fourth-order valence-electron chi connectivity index (χ4n) is 2.88. The summed E-state index contributed by atoms with van der Waals surface area (Å²) in [6, 6.07) is 4.93. The molecule has 0 radical (unpaired) electrons. The number of rotatable bonds is 8. The van der Waals surface area contributed by atoms with Gasteiger partial charge in [-0.1, -0.05) is 13.8 Å². The van der Waals surface area contributed by atoms with Gasteiger partial charge in [0.1, 0.15) is 12.3 Å². The summed E-state index contributed by atoms with van der Waals surface area (Å²) in [6.07, 6.45) is -0.672. The molecule has 0 fully saturated rings. The molecule has 1 unspecified atom stereocenters. The highest BCUT2D eigenvalue weighted by Gasteiger charge is 2.33. The van der Waals surface area contributed by atoms with Gasteiger partial charge in [-0.25, -0.2) is 0 Å². The van der Waals surface area contributed by atoms with Crippen LogP contribution in [0.1, 0.15) is 38.1 Å². The molecule has 0 aromatic heterocycles. The maximum atomic E-state index is 12.5. The van der Waals surface area contributed by atoms with E-state index < -0.39 is 6.10 Å². The van der Waals surface area contributed by atoms with Gasteiger partial charge in [-0.05, 0) is 45.1 Å². The molecule has 1 aliphatic heterocycles. The Morgan fingerprint density at radius 3 is 2.58 bits per heavy atom. The largest absolute Gasteiger partial charge is 0.479 e. The second-order valence-corrected chi connectivity index (χ2v) is 6.30. The minimum absolute atomic E-state index is 0.0981. The summed E-state index contributed by atoms with van der Waals surface area (Å²) in [4.78, 5) is 40.1. The summed E-state index contributed by atoms with van der Waals surface area (Å²) in [5.74, 6) is -0.142. The predicted molar refractivity (Wildman–Crippen MR) is 99.7 cm³/mol. The highest BCUT2D eigenvalue weighted by molar-refractivity contribution is 6.05. The molecule has 1 heterocycles. The third kappa shape index (κ3) is 4.60. The number of anilines is 1. The van der Waals surface area contributed by atoms with E-state index >= 15 is 0 Å². The molecule has 1 N–H and O–H groups in total. The van der Waals surface area contributed by atoms with Gasteiger partial charge in [-0.2, -0.15) is 0 Å². The van der Waals surface area contributed by atoms with Crippen LogP contribution in [0, 0.1) is 0 Å². The number of carbonyl (C=O) groups excluding carboxylic acids is 3. The van der Waals surface area contributed by atoms with E-state index in [2.05, 4.69) is 24.1 Å². The molecule has 0 spiro atoms. The number of nitrogens with zero attached hydrogens (tertiary/aromatic N) is 2. The Labute approximate surface area is 154 Å². The first-order valence-corrected chi connectivity index (χ1v) is 8.99. The van der Waals surface area contributed by atoms with Crippen molar-refractivity contribution in [3.8, 4) is 5.75 Å². The van der Waals surface area contributed by atoms with Gasteiger partial charge in [0.2, 0.25) is 5.91 Å². The van der Waals surface area contributed by atoms with E-state index in [0.29, 0.717) is 23.5 Å². The first-order chi connectivity index (χ1) is 12.4. The zero-order valence-corrected chi connectivity index (χ0v) is 15.9. The van der Waals surface area contributed by atoms with E-state index in [1.54, 1.807) is 25.1 Å². The Morgan fingerprint density at radius 1 is 1.27 bits per heavy atom. The average Bonchev–Trinajstić information content (AvgIpc) is 2.62. The molecule has 2 amide bonds. The molecule has 0 saturated carbocycles. The highest BCUT2D eigenvalue weighted by atomic mass is 16.5. The predicted octanol–water partition coefficient (Wildman–Crippen LogP) is 1.46. The Morgan fingerprint density at radius 2 is 1.96 bits per heavy atom. The van der Waals surface area contributed by atoms with Gasteiger partial charge in [0.25, 0.3) is 5.91 Å². The van der Waals surface area contributed by atoms with Crippen molar-refractivity contribution in [1.29, 1.82) is 0 Å². The molecule has 1 aromatic rings. The fourth-order valence-corrected chi connectivity index (χ4v) is 2.88. The van der Waals surface area contributed by atoms with Gasteiger partial charge in [0.05, 0.1) is 5.69 Å². The normalized spacial score (nSPS) is 16.3. The molecule has 1 atom stereocenters. The number of ether oxygens (including phenoxy) is 1. The third-order valence-corrected chi connectivity index (χ3v) is 4.52. The van der Waals surface area contributed by atoms with Crippen LogP contribution in [0.2, 0.25) is 0 Å². The number of hydrogen-bond donors (Lipinski definition) is 1. The lowest BCUT2D eigenvalue weighted by molar-refractivity contribution is -0.128. The lowest BCUT2D eigenvalue weighted by Crippen LogP contribution is -2.49. The van der Waals surface area contributed by atoms with Crippen molar-refractivity contribution >= 4 is 23.3 Å². The second kappa shape index (κ2) is 8.80. The molecule has 7 heteroatoms. The van der Waals surface area contributed by atoms with Crippen molar-refractivity contribution in [2.24, 2.45) is 0 Å². The zero-order valence-electron chi connectivity index (χ0n) is 15.9. The number of carbonyl (C=O) groups is 3. The summed E-state index contributed by atoms with van der Waals surface area (Å²) in [7, 11) is 0. The van der Waals surface area contributed by atoms with Gasteiger partial charge >= 0.3 is 0 Å². The Kier molecular flexibility index (Phi) is 6.74. The number of nitrogens with one attached hydrogen (secondary N) is 1. The SMILES string of the molecule is CCN(CC)CCNC(=O)CN1C(=O)C(C)Oc2ccc(C(C)=O)cc21.